The molecule has 3 aromatic heterocycles. The summed E-state index contributed by atoms with van der Waals surface area (Å²) in [7, 11) is 1.63. The summed E-state index contributed by atoms with van der Waals surface area (Å²) in [6.45, 7) is 0.923. The van der Waals surface area contributed by atoms with E-state index < -0.39 is 0 Å². The summed E-state index contributed by atoms with van der Waals surface area (Å²) < 4.78 is 13.2. The quantitative estimate of drug-likeness (QED) is 0.533. The fraction of sp³-hybridized carbons (Fsp3) is 0.238. The Bertz CT molecular complexity index is 1170. The number of aromatic nitrogens is 4. The normalized spacial score (nSPS) is 14.7. The molecule has 4 heterocycles. The van der Waals surface area contributed by atoms with E-state index in [-0.39, 0.29) is 12.0 Å². The number of nitrogens with zero attached hydrogens (tertiary/aromatic N) is 5. The maximum atomic E-state index is 13.0. The third kappa shape index (κ3) is 3.07. The Labute approximate surface area is 166 Å². The molecule has 1 atom stereocenters. The molecule has 0 bridgehead atoms. The van der Waals surface area contributed by atoms with Crippen LogP contribution in [0.15, 0.2) is 59.3 Å². The van der Waals surface area contributed by atoms with Crippen molar-refractivity contribution in [2.24, 2.45) is 0 Å². The van der Waals surface area contributed by atoms with Gasteiger partial charge in [-0.2, -0.15) is 5.10 Å². The molecule has 5 rings (SSSR count). The van der Waals surface area contributed by atoms with Gasteiger partial charge in [-0.05, 0) is 17.7 Å². The second kappa shape index (κ2) is 7.14. The minimum Gasteiger partial charge on any atom is -0.442 e. The number of amides is 1. The molecule has 1 unspecified atom stereocenters. The number of carbonyl (C=O) groups is 1. The van der Waals surface area contributed by atoms with E-state index in [1.54, 1.807) is 35.0 Å². The molecular weight excluding hydrogens is 370 g/mol. The number of fused-ring (bicyclic) bond motifs is 2. The minimum absolute atomic E-state index is 0.127. The van der Waals surface area contributed by atoms with Crippen LogP contribution >= 0.6 is 0 Å². The fourth-order valence-electron chi connectivity index (χ4n) is 3.65. The number of oxazole rings is 1. The lowest BCUT2D eigenvalue weighted by atomic mass is 10.1. The van der Waals surface area contributed by atoms with Crippen LogP contribution in [0.2, 0.25) is 0 Å². The molecule has 29 heavy (non-hydrogen) atoms. The van der Waals surface area contributed by atoms with Crippen LogP contribution in [-0.2, 0) is 17.7 Å². The van der Waals surface area contributed by atoms with Crippen LogP contribution in [0.1, 0.15) is 39.5 Å². The molecule has 1 aliphatic rings. The minimum atomic E-state index is -0.381. The SMILES string of the molecule is COC(c1ccccc1)c1nc2c(o1)CCN(C(=O)c1cnc3cccnn13)C2. The van der Waals surface area contributed by atoms with E-state index in [1.165, 1.54) is 0 Å². The highest BCUT2D eigenvalue weighted by Crippen LogP contribution is 2.29. The third-order valence-corrected chi connectivity index (χ3v) is 5.09. The number of carbonyl (C=O) groups excluding carboxylic acids is 1. The number of hydrogen-bond donors (Lipinski definition) is 0. The zero-order valence-corrected chi connectivity index (χ0v) is 15.9. The highest BCUT2D eigenvalue weighted by atomic mass is 16.5. The van der Waals surface area contributed by atoms with Gasteiger partial charge in [-0.25, -0.2) is 14.5 Å². The molecule has 0 radical (unpaired) electrons. The summed E-state index contributed by atoms with van der Waals surface area (Å²) >= 11 is 0. The summed E-state index contributed by atoms with van der Waals surface area (Å²) in [6, 6.07) is 13.4. The van der Waals surface area contributed by atoms with Crippen LogP contribution in [0, 0.1) is 0 Å². The topological polar surface area (TPSA) is 85.8 Å². The monoisotopic (exact) mass is 389 g/mol. The summed E-state index contributed by atoms with van der Waals surface area (Å²) in [5, 5.41) is 4.23. The molecule has 146 valence electrons. The van der Waals surface area contributed by atoms with Gasteiger partial charge >= 0.3 is 0 Å². The van der Waals surface area contributed by atoms with E-state index in [4.69, 9.17) is 9.15 Å². The Hall–Kier alpha value is -3.52. The predicted octanol–water partition coefficient (Wildman–Crippen LogP) is 2.65. The largest absolute Gasteiger partial charge is 0.442 e. The van der Waals surface area contributed by atoms with Crippen molar-refractivity contribution >= 4 is 11.6 Å². The van der Waals surface area contributed by atoms with Gasteiger partial charge < -0.3 is 14.1 Å². The number of benzene rings is 1. The Kier molecular flexibility index (Phi) is 4.33. The van der Waals surface area contributed by atoms with Crippen molar-refractivity contribution in [2.75, 3.05) is 13.7 Å². The van der Waals surface area contributed by atoms with Crippen LogP contribution < -0.4 is 0 Å². The lowest BCUT2D eigenvalue weighted by Gasteiger charge is -2.24. The average Bonchev–Trinajstić information content (AvgIpc) is 3.38. The van der Waals surface area contributed by atoms with E-state index >= 15 is 0 Å². The average molecular weight is 389 g/mol. The van der Waals surface area contributed by atoms with E-state index in [0.29, 0.717) is 36.7 Å². The summed E-state index contributed by atoms with van der Waals surface area (Å²) in [4.78, 5) is 23.7. The van der Waals surface area contributed by atoms with Crippen molar-refractivity contribution in [1.29, 1.82) is 0 Å². The molecule has 0 fully saturated rings. The van der Waals surface area contributed by atoms with Gasteiger partial charge in [-0.3, -0.25) is 4.79 Å². The Morgan fingerprint density at radius 3 is 2.90 bits per heavy atom. The van der Waals surface area contributed by atoms with Crippen molar-refractivity contribution in [3.63, 3.8) is 0 Å². The number of hydrogen-bond acceptors (Lipinski definition) is 6. The van der Waals surface area contributed by atoms with Crippen molar-refractivity contribution in [3.8, 4) is 0 Å². The molecular formula is C21H19N5O3. The van der Waals surface area contributed by atoms with Crippen LogP contribution in [0.4, 0.5) is 0 Å². The predicted molar refractivity (Wildman–Crippen MR) is 103 cm³/mol. The molecule has 0 saturated carbocycles. The molecule has 8 nitrogen and oxygen atoms in total. The van der Waals surface area contributed by atoms with Crippen molar-refractivity contribution in [2.45, 2.75) is 19.1 Å². The van der Waals surface area contributed by atoms with Gasteiger partial charge in [0.1, 0.15) is 11.5 Å². The molecule has 1 aliphatic heterocycles. The lowest BCUT2D eigenvalue weighted by molar-refractivity contribution is 0.0718. The number of methoxy groups -OCH3 is 1. The number of ether oxygens (including phenoxy) is 1. The molecule has 0 N–H and O–H groups in total. The molecule has 8 heteroatoms. The summed E-state index contributed by atoms with van der Waals surface area (Å²) in [5.41, 5.74) is 2.81. The van der Waals surface area contributed by atoms with Gasteiger partial charge in [0.05, 0.1) is 12.7 Å². The Morgan fingerprint density at radius 1 is 1.21 bits per heavy atom. The maximum Gasteiger partial charge on any atom is 0.274 e. The van der Waals surface area contributed by atoms with Gasteiger partial charge in [-0.1, -0.05) is 30.3 Å². The van der Waals surface area contributed by atoms with Gasteiger partial charge in [0.15, 0.2) is 17.4 Å². The van der Waals surface area contributed by atoms with Crippen LogP contribution in [-0.4, -0.2) is 44.0 Å². The van der Waals surface area contributed by atoms with Crippen molar-refractivity contribution in [3.05, 3.63) is 83.5 Å². The molecule has 0 saturated heterocycles. The van der Waals surface area contributed by atoms with E-state index in [9.17, 15) is 4.79 Å². The molecule has 0 aliphatic carbocycles. The first-order valence-electron chi connectivity index (χ1n) is 9.39. The molecule has 4 aromatic rings. The Balaban J connectivity index is 1.41. The van der Waals surface area contributed by atoms with Gasteiger partial charge in [-0.15, -0.1) is 0 Å². The van der Waals surface area contributed by atoms with Crippen molar-refractivity contribution in [1.82, 2.24) is 24.5 Å². The zero-order valence-electron chi connectivity index (χ0n) is 15.9. The van der Waals surface area contributed by atoms with Crippen LogP contribution in [0.25, 0.3) is 5.65 Å². The van der Waals surface area contributed by atoms with Gasteiger partial charge in [0, 0.05) is 26.3 Å². The second-order valence-electron chi connectivity index (χ2n) is 6.86. The maximum absolute atomic E-state index is 13.0. The summed E-state index contributed by atoms with van der Waals surface area (Å²) in [5.74, 6) is 1.19. The lowest BCUT2D eigenvalue weighted by Crippen LogP contribution is -2.36. The van der Waals surface area contributed by atoms with Crippen LogP contribution in [0.3, 0.4) is 0 Å². The first-order chi connectivity index (χ1) is 14.2. The standard InChI is InChI=1S/C21H19N5O3/c1-28-19(14-6-3-2-4-7-14)20-24-15-13-25(11-9-17(15)29-20)21(27)16-12-22-18-8-5-10-23-26(16)18/h2-8,10,12,19H,9,11,13H2,1H3. The van der Waals surface area contributed by atoms with Gasteiger partial charge in [0.2, 0.25) is 5.89 Å². The van der Waals surface area contributed by atoms with E-state index in [2.05, 4.69) is 15.1 Å². The van der Waals surface area contributed by atoms with E-state index in [0.717, 1.165) is 17.0 Å². The van der Waals surface area contributed by atoms with Gasteiger partial charge in [0.25, 0.3) is 5.91 Å². The fourth-order valence-corrected chi connectivity index (χ4v) is 3.65. The van der Waals surface area contributed by atoms with E-state index in [1.807, 2.05) is 36.4 Å². The smallest absolute Gasteiger partial charge is 0.274 e. The summed E-state index contributed by atoms with van der Waals surface area (Å²) in [6.07, 6.45) is 3.42. The zero-order chi connectivity index (χ0) is 19.8. The molecule has 0 spiro atoms. The number of rotatable bonds is 4. The number of imidazole rings is 1. The Morgan fingerprint density at radius 2 is 2.07 bits per heavy atom. The highest BCUT2D eigenvalue weighted by molar-refractivity contribution is 5.93. The third-order valence-electron chi connectivity index (χ3n) is 5.09. The molecule has 1 amide bonds. The first-order valence-corrected chi connectivity index (χ1v) is 9.39. The first kappa shape index (κ1) is 17.6. The van der Waals surface area contributed by atoms with Crippen LogP contribution in [0.5, 0.6) is 0 Å². The molecule has 1 aromatic carbocycles. The van der Waals surface area contributed by atoms with Crippen molar-refractivity contribution < 1.29 is 13.9 Å². The second-order valence-corrected chi connectivity index (χ2v) is 6.86. The highest BCUT2D eigenvalue weighted by Gasteiger charge is 2.30.